The summed E-state index contributed by atoms with van der Waals surface area (Å²) in [6, 6.07) is 25.4. The van der Waals surface area contributed by atoms with Crippen LogP contribution in [0, 0.1) is 10.8 Å². The summed E-state index contributed by atoms with van der Waals surface area (Å²) in [7, 11) is 2.04. The first-order valence-corrected chi connectivity index (χ1v) is 11.0. The van der Waals surface area contributed by atoms with E-state index in [0.717, 1.165) is 38.2 Å². The van der Waals surface area contributed by atoms with Gasteiger partial charge < -0.3 is 9.80 Å². The van der Waals surface area contributed by atoms with Crippen molar-refractivity contribution in [2.24, 2.45) is 0 Å². The Balaban J connectivity index is 0.000000229. The minimum Gasteiger partial charge on any atom is -0.372 e. The summed E-state index contributed by atoms with van der Waals surface area (Å²) < 4.78 is 0. The van der Waals surface area contributed by atoms with Gasteiger partial charge in [0.05, 0.1) is 0 Å². The Morgan fingerprint density at radius 1 is 0.656 bits per heavy atom. The second kappa shape index (κ2) is 13.4. The largest absolute Gasteiger partial charge is 0.385 e. The van der Waals surface area contributed by atoms with Crippen molar-refractivity contribution < 1.29 is 0 Å². The quantitative estimate of drug-likeness (QED) is 0.346. The van der Waals surface area contributed by atoms with Crippen molar-refractivity contribution >= 4 is 22.7 Å². The van der Waals surface area contributed by atoms with Gasteiger partial charge in [0.25, 0.3) is 0 Å². The molecule has 0 aliphatic heterocycles. The van der Waals surface area contributed by atoms with Gasteiger partial charge in [-0.2, -0.15) is 0 Å². The van der Waals surface area contributed by atoms with E-state index >= 15 is 0 Å². The molecular formula is C26H32N6+2. The van der Waals surface area contributed by atoms with Crippen LogP contribution >= 0.6 is 0 Å². The highest BCUT2D eigenvalue weighted by Crippen LogP contribution is 2.21. The molecule has 3 aromatic rings. The van der Waals surface area contributed by atoms with Crippen molar-refractivity contribution in [2.45, 2.75) is 33.2 Å². The number of rotatable bonds is 8. The molecule has 0 saturated carbocycles. The molecule has 0 aliphatic carbocycles. The first-order chi connectivity index (χ1) is 15.6. The third-order valence-corrected chi connectivity index (χ3v) is 4.99. The summed E-state index contributed by atoms with van der Waals surface area (Å²) in [5.41, 5.74) is 4.74. The van der Waals surface area contributed by atoms with Gasteiger partial charge in [0.2, 0.25) is 10.8 Å². The van der Waals surface area contributed by atoms with Crippen molar-refractivity contribution in [3.05, 3.63) is 94.4 Å². The van der Waals surface area contributed by atoms with E-state index in [9.17, 15) is 0 Å². The molecule has 0 bridgehead atoms. The number of hydrogen-bond donors (Lipinski definition) is 0. The molecule has 3 aromatic carbocycles. The zero-order chi connectivity index (χ0) is 23.2. The molecule has 0 unspecified atom stereocenters. The Morgan fingerprint density at radius 3 is 1.56 bits per heavy atom. The van der Waals surface area contributed by atoms with Gasteiger partial charge in [0.15, 0.2) is 9.95 Å². The van der Waals surface area contributed by atoms with Crippen LogP contribution in [0.15, 0.2) is 78.9 Å². The molecule has 6 nitrogen and oxygen atoms in total. The van der Waals surface area contributed by atoms with Gasteiger partial charge in [-0.1, -0.05) is 44.2 Å². The number of nitrogens with zero attached hydrogens (tertiary/aromatic N) is 6. The van der Waals surface area contributed by atoms with Gasteiger partial charge in [-0.05, 0) is 42.7 Å². The van der Waals surface area contributed by atoms with Gasteiger partial charge in [-0.25, -0.2) is 0 Å². The summed E-state index contributed by atoms with van der Waals surface area (Å²) in [5.74, 6) is 0. The van der Waals surface area contributed by atoms with Crippen LogP contribution in [0.25, 0.3) is 9.95 Å². The summed E-state index contributed by atoms with van der Waals surface area (Å²) in [5, 5.41) is 17.2. The molecule has 0 fully saturated rings. The SMILES string of the molecule is CCCN(CCC)c1ccc([N+]#N)cc1.CN(Cc1ccccc1)c1ccc([N+]#N)cc1. The molecule has 0 heterocycles. The summed E-state index contributed by atoms with van der Waals surface area (Å²) in [6.45, 7) is 7.36. The van der Waals surface area contributed by atoms with Gasteiger partial charge >= 0.3 is 11.4 Å². The Bertz CT molecular complexity index is 995. The standard InChI is InChI=1S/C14H14N3.C12H18N3/c1-17(11-12-5-3-2-4-6-12)14-9-7-13(16-15)8-10-14;1-3-9-15(10-4-2)12-7-5-11(14-13)6-8-12/h2-10H,11H2,1H3;5-8H,3-4,9-10H2,1-2H3/q2*+1. The summed E-state index contributed by atoms with van der Waals surface area (Å²) >= 11 is 0. The number of hydrogen-bond acceptors (Lipinski definition) is 4. The molecule has 0 saturated heterocycles. The van der Waals surface area contributed by atoms with Crippen LogP contribution in [0.3, 0.4) is 0 Å². The average Bonchev–Trinajstić information content (AvgIpc) is 2.85. The van der Waals surface area contributed by atoms with Crippen molar-refractivity contribution in [1.29, 1.82) is 10.8 Å². The van der Waals surface area contributed by atoms with Gasteiger partial charge in [0.1, 0.15) is 0 Å². The maximum Gasteiger partial charge on any atom is 0.385 e. The molecule has 0 N–H and O–H groups in total. The maximum atomic E-state index is 8.61. The molecule has 0 aliphatic rings. The fourth-order valence-corrected chi connectivity index (χ4v) is 3.36. The lowest BCUT2D eigenvalue weighted by molar-refractivity contribution is 0.745. The fraction of sp³-hybridized carbons (Fsp3) is 0.308. The maximum absolute atomic E-state index is 8.61. The lowest BCUT2D eigenvalue weighted by atomic mass is 10.2. The van der Waals surface area contributed by atoms with E-state index in [2.05, 4.69) is 45.7 Å². The third-order valence-electron chi connectivity index (χ3n) is 4.99. The molecule has 0 spiro atoms. The zero-order valence-corrected chi connectivity index (χ0v) is 19.2. The topological polar surface area (TPSA) is 62.8 Å². The van der Waals surface area contributed by atoms with E-state index in [0.29, 0.717) is 11.4 Å². The lowest BCUT2D eigenvalue weighted by Gasteiger charge is -2.23. The Labute approximate surface area is 191 Å². The van der Waals surface area contributed by atoms with E-state index in [4.69, 9.17) is 10.8 Å². The third kappa shape index (κ3) is 7.74. The van der Waals surface area contributed by atoms with Gasteiger partial charge in [-0.15, -0.1) is 0 Å². The van der Waals surface area contributed by atoms with Crippen molar-refractivity contribution in [3.8, 4) is 0 Å². The molecule has 6 heteroatoms. The smallest absolute Gasteiger partial charge is 0.372 e. The second-order valence-electron chi connectivity index (χ2n) is 7.56. The molecule has 3 rings (SSSR count). The first-order valence-electron chi connectivity index (χ1n) is 11.0. The van der Waals surface area contributed by atoms with Crippen LogP contribution < -0.4 is 9.80 Å². The predicted molar refractivity (Wildman–Crippen MR) is 134 cm³/mol. The molecule has 0 radical (unpaired) electrons. The molecule has 164 valence electrons. The van der Waals surface area contributed by atoms with E-state index < -0.39 is 0 Å². The van der Waals surface area contributed by atoms with Crippen LogP contribution in [0.4, 0.5) is 22.7 Å². The normalized spacial score (nSPS) is 9.66. The van der Waals surface area contributed by atoms with E-state index in [1.807, 2.05) is 61.6 Å². The average molecular weight is 429 g/mol. The molecule has 0 atom stereocenters. The van der Waals surface area contributed by atoms with E-state index in [-0.39, 0.29) is 0 Å². The molecule has 0 amide bonds. The Morgan fingerprint density at radius 2 is 1.12 bits per heavy atom. The van der Waals surface area contributed by atoms with Gasteiger partial charge in [-0.3, -0.25) is 0 Å². The van der Waals surface area contributed by atoms with E-state index in [1.165, 1.54) is 11.3 Å². The monoisotopic (exact) mass is 428 g/mol. The Hall–Kier alpha value is -3.90. The highest BCUT2D eigenvalue weighted by Gasteiger charge is 2.08. The van der Waals surface area contributed by atoms with Crippen molar-refractivity contribution in [3.63, 3.8) is 0 Å². The summed E-state index contributed by atoms with van der Waals surface area (Å²) in [4.78, 5) is 10.8. The van der Waals surface area contributed by atoms with Crippen LogP contribution in [0.5, 0.6) is 0 Å². The highest BCUT2D eigenvalue weighted by atomic mass is 15.1. The minimum atomic E-state index is 0.571. The van der Waals surface area contributed by atoms with Crippen LogP contribution in [0.1, 0.15) is 32.3 Å². The Kier molecular flexibility index (Phi) is 10.2. The van der Waals surface area contributed by atoms with Crippen LogP contribution in [-0.2, 0) is 6.54 Å². The van der Waals surface area contributed by atoms with Crippen molar-refractivity contribution in [1.82, 2.24) is 0 Å². The summed E-state index contributed by atoms with van der Waals surface area (Å²) in [6.07, 6.45) is 2.29. The lowest BCUT2D eigenvalue weighted by Crippen LogP contribution is -2.24. The van der Waals surface area contributed by atoms with E-state index in [1.54, 1.807) is 12.1 Å². The predicted octanol–water partition coefficient (Wildman–Crippen LogP) is 7.61. The highest BCUT2D eigenvalue weighted by molar-refractivity contribution is 5.56. The van der Waals surface area contributed by atoms with Gasteiger partial charge in [0, 0.05) is 62.3 Å². The number of diazo groups is 2. The first kappa shape index (κ1) is 24.4. The zero-order valence-electron chi connectivity index (χ0n) is 19.2. The number of benzene rings is 3. The second-order valence-corrected chi connectivity index (χ2v) is 7.56. The van der Waals surface area contributed by atoms with Crippen LogP contribution in [-0.4, -0.2) is 20.1 Å². The minimum absolute atomic E-state index is 0.571. The van der Waals surface area contributed by atoms with Crippen molar-refractivity contribution in [2.75, 3.05) is 29.9 Å². The fourth-order valence-electron chi connectivity index (χ4n) is 3.36. The van der Waals surface area contributed by atoms with Crippen LogP contribution in [0.2, 0.25) is 0 Å². The number of anilines is 2. The molecule has 32 heavy (non-hydrogen) atoms. The molecule has 0 aromatic heterocycles. The molecular weight excluding hydrogens is 396 g/mol.